The number of likely N-dealkylation sites (tertiary alicyclic amines) is 1. The van der Waals surface area contributed by atoms with Crippen molar-refractivity contribution in [3.05, 3.63) is 47.5 Å². The number of rotatable bonds is 3. The lowest BCUT2D eigenvalue weighted by Gasteiger charge is -2.21. The third kappa shape index (κ3) is 2.87. The van der Waals surface area contributed by atoms with Gasteiger partial charge < -0.3 is 10.0 Å². The second-order valence-corrected chi connectivity index (χ2v) is 5.51. The largest absolute Gasteiger partial charge is 0.388 e. The van der Waals surface area contributed by atoms with Crippen LogP contribution in [0.1, 0.15) is 25.5 Å². The van der Waals surface area contributed by atoms with Gasteiger partial charge in [0.1, 0.15) is 0 Å². The summed E-state index contributed by atoms with van der Waals surface area (Å²) in [6.45, 7) is 4.72. The predicted molar refractivity (Wildman–Crippen MR) is 75.4 cm³/mol. The summed E-state index contributed by atoms with van der Waals surface area (Å²) in [4.78, 5) is 14.0. The maximum absolute atomic E-state index is 12.2. The van der Waals surface area contributed by atoms with E-state index in [4.69, 9.17) is 0 Å². The van der Waals surface area contributed by atoms with Gasteiger partial charge in [-0.2, -0.15) is 0 Å². The molecular weight excluding hydrogens is 238 g/mol. The molecule has 0 bridgehead atoms. The number of hydrogen-bond acceptors (Lipinski definition) is 2. The first-order valence-electron chi connectivity index (χ1n) is 6.63. The van der Waals surface area contributed by atoms with Crippen LogP contribution in [-0.4, -0.2) is 29.5 Å². The Kier molecular flexibility index (Phi) is 4.05. The van der Waals surface area contributed by atoms with Gasteiger partial charge in [0.05, 0.1) is 12.0 Å². The summed E-state index contributed by atoms with van der Waals surface area (Å²) >= 11 is 0. The molecule has 19 heavy (non-hydrogen) atoms. The minimum Gasteiger partial charge on any atom is -0.388 e. The Morgan fingerprint density at radius 1 is 1.37 bits per heavy atom. The molecule has 3 nitrogen and oxygen atoms in total. The second kappa shape index (κ2) is 5.57. The Morgan fingerprint density at radius 3 is 2.58 bits per heavy atom. The van der Waals surface area contributed by atoms with Gasteiger partial charge in [-0.25, -0.2) is 0 Å². The van der Waals surface area contributed by atoms with Gasteiger partial charge in [0.2, 0.25) is 5.91 Å². The zero-order valence-electron chi connectivity index (χ0n) is 11.7. The Hall–Kier alpha value is -1.61. The standard InChI is InChI=1S/C16H21NO2/c1-11(2)9-13-10-17(3)16(19)14(13)15(18)12-7-5-4-6-8-12/h4-9,13-15,18H,10H2,1-3H3/t13-,14-,15-/m1/s1. The Morgan fingerprint density at radius 2 is 2.00 bits per heavy atom. The summed E-state index contributed by atoms with van der Waals surface area (Å²) in [5, 5.41) is 10.5. The van der Waals surface area contributed by atoms with Crippen LogP contribution in [-0.2, 0) is 4.79 Å². The second-order valence-electron chi connectivity index (χ2n) is 5.51. The fourth-order valence-corrected chi connectivity index (χ4v) is 2.77. The molecule has 0 saturated carbocycles. The first kappa shape index (κ1) is 13.8. The quantitative estimate of drug-likeness (QED) is 0.847. The van der Waals surface area contributed by atoms with Crippen molar-refractivity contribution in [2.75, 3.05) is 13.6 Å². The molecule has 3 heteroatoms. The number of allylic oxidation sites excluding steroid dienone is 1. The van der Waals surface area contributed by atoms with E-state index in [2.05, 4.69) is 6.08 Å². The van der Waals surface area contributed by atoms with E-state index in [-0.39, 0.29) is 17.7 Å². The molecule has 1 heterocycles. The molecule has 1 aliphatic rings. The molecule has 0 unspecified atom stereocenters. The molecular formula is C16H21NO2. The molecule has 102 valence electrons. The third-order valence-corrected chi connectivity index (χ3v) is 3.64. The Bertz CT molecular complexity index is 477. The van der Waals surface area contributed by atoms with Crippen LogP contribution in [0.4, 0.5) is 0 Å². The van der Waals surface area contributed by atoms with Crippen molar-refractivity contribution in [1.29, 1.82) is 0 Å². The predicted octanol–water partition coefficient (Wildman–Crippen LogP) is 2.39. The summed E-state index contributed by atoms with van der Waals surface area (Å²) < 4.78 is 0. The zero-order chi connectivity index (χ0) is 14.0. The van der Waals surface area contributed by atoms with Crippen molar-refractivity contribution in [1.82, 2.24) is 4.90 Å². The highest BCUT2D eigenvalue weighted by molar-refractivity contribution is 5.82. The lowest BCUT2D eigenvalue weighted by molar-refractivity contribution is -0.133. The number of carbonyl (C=O) groups excluding carboxylic acids is 1. The fourth-order valence-electron chi connectivity index (χ4n) is 2.77. The molecule has 0 aromatic heterocycles. The van der Waals surface area contributed by atoms with Crippen molar-refractivity contribution in [3.63, 3.8) is 0 Å². The van der Waals surface area contributed by atoms with Gasteiger partial charge in [0.15, 0.2) is 0 Å². The van der Waals surface area contributed by atoms with E-state index in [1.54, 1.807) is 11.9 Å². The van der Waals surface area contributed by atoms with E-state index >= 15 is 0 Å². The Labute approximate surface area is 114 Å². The summed E-state index contributed by atoms with van der Waals surface area (Å²) in [6.07, 6.45) is 1.36. The van der Waals surface area contributed by atoms with Crippen molar-refractivity contribution < 1.29 is 9.90 Å². The molecule has 1 aromatic carbocycles. The van der Waals surface area contributed by atoms with E-state index in [1.165, 1.54) is 5.57 Å². The molecule has 1 N–H and O–H groups in total. The number of hydrogen-bond donors (Lipinski definition) is 1. The monoisotopic (exact) mass is 259 g/mol. The van der Waals surface area contributed by atoms with Crippen LogP contribution in [0.25, 0.3) is 0 Å². The van der Waals surface area contributed by atoms with Crippen LogP contribution in [0.2, 0.25) is 0 Å². The fraction of sp³-hybridized carbons (Fsp3) is 0.438. The van der Waals surface area contributed by atoms with Crippen LogP contribution in [0.5, 0.6) is 0 Å². The molecule has 1 fully saturated rings. The smallest absolute Gasteiger partial charge is 0.229 e. The average molecular weight is 259 g/mol. The van der Waals surface area contributed by atoms with Crippen LogP contribution in [0.3, 0.4) is 0 Å². The number of amides is 1. The first-order valence-corrected chi connectivity index (χ1v) is 6.63. The summed E-state index contributed by atoms with van der Waals surface area (Å²) in [6, 6.07) is 9.42. The molecule has 2 rings (SSSR count). The van der Waals surface area contributed by atoms with Crippen LogP contribution in [0, 0.1) is 11.8 Å². The topological polar surface area (TPSA) is 40.5 Å². The summed E-state index contributed by atoms with van der Waals surface area (Å²) in [5.41, 5.74) is 1.99. The lowest BCUT2D eigenvalue weighted by Crippen LogP contribution is -2.27. The number of nitrogens with zero attached hydrogens (tertiary/aromatic N) is 1. The number of carbonyl (C=O) groups is 1. The van der Waals surface area contributed by atoms with E-state index in [0.29, 0.717) is 6.54 Å². The average Bonchev–Trinajstić information content (AvgIpc) is 2.64. The van der Waals surface area contributed by atoms with Crippen LogP contribution < -0.4 is 0 Å². The van der Waals surface area contributed by atoms with Crippen LogP contribution >= 0.6 is 0 Å². The number of benzene rings is 1. The van der Waals surface area contributed by atoms with Crippen molar-refractivity contribution in [3.8, 4) is 0 Å². The molecule has 3 atom stereocenters. The highest BCUT2D eigenvalue weighted by Gasteiger charge is 2.42. The van der Waals surface area contributed by atoms with Gasteiger partial charge >= 0.3 is 0 Å². The summed E-state index contributed by atoms with van der Waals surface area (Å²) in [5.74, 6) is -0.265. The highest BCUT2D eigenvalue weighted by atomic mass is 16.3. The molecule has 0 spiro atoms. The minimum absolute atomic E-state index is 0.0267. The molecule has 1 amide bonds. The van der Waals surface area contributed by atoms with E-state index < -0.39 is 6.10 Å². The van der Waals surface area contributed by atoms with Crippen molar-refractivity contribution in [2.24, 2.45) is 11.8 Å². The lowest BCUT2D eigenvalue weighted by atomic mass is 9.85. The number of aliphatic hydroxyl groups excluding tert-OH is 1. The SMILES string of the molecule is CC(C)=C[C@@H]1CN(C)C(=O)[C@H]1[C@H](O)c1ccccc1. The summed E-state index contributed by atoms with van der Waals surface area (Å²) in [7, 11) is 1.80. The highest BCUT2D eigenvalue weighted by Crippen LogP contribution is 2.36. The van der Waals surface area contributed by atoms with Gasteiger partial charge in [-0.3, -0.25) is 4.79 Å². The normalized spacial score (nSPS) is 24.4. The maximum Gasteiger partial charge on any atom is 0.229 e. The van der Waals surface area contributed by atoms with Crippen molar-refractivity contribution in [2.45, 2.75) is 20.0 Å². The van der Waals surface area contributed by atoms with E-state index in [9.17, 15) is 9.90 Å². The van der Waals surface area contributed by atoms with Gasteiger partial charge in [0, 0.05) is 19.5 Å². The van der Waals surface area contributed by atoms with Crippen LogP contribution in [0.15, 0.2) is 42.0 Å². The molecule has 1 saturated heterocycles. The first-order chi connectivity index (χ1) is 9.00. The van der Waals surface area contributed by atoms with E-state index in [0.717, 1.165) is 5.56 Å². The molecule has 0 aliphatic carbocycles. The maximum atomic E-state index is 12.2. The Balaban J connectivity index is 2.29. The molecule has 1 aliphatic heterocycles. The third-order valence-electron chi connectivity index (χ3n) is 3.64. The van der Waals surface area contributed by atoms with E-state index in [1.807, 2.05) is 44.2 Å². The van der Waals surface area contributed by atoms with Gasteiger partial charge in [0.25, 0.3) is 0 Å². The van der Waals surface area contributed by atoms with Gasteiger partial charge in [-0.1, -0.05) is 42.0 Å². The zero-order valence-corrected chi connectivity index (χ0v) is 11.7. The van der Waals surface area contributed by atoms with Gasteiger partial charge in [-0.05, 0) is 19.4 Å². The van der Waals surface area contributed by atoms with Gasteiger partial charge in [-0.15, -0.1) is 0 Å². The van der Waals surface area contributed by atoms with Crippen molar-refractivity contribution >= 4 is 5.91 Å². The number of aliphatic hydroxyl groups is 1. The molecule has 0 radical (unpaired) electrons. The minimum atomic E-state index is -0.737. The molecule has 1 aromatic rings.